The Morgan fingerprint density at radius 2 is 1.72 bits per heavy atom. The van der Waals surface area contributed by atoms with Crippen molar-refractivity contribution in [2.24, 2.45) is 0 Å². The average molecular weight is 536 g/mol. The van der Waals surface area contributed by atoms with Crippen LogP contribution in [-0.2, 0) is 26.2 Å². The van der Waals surface area contributed by atoms with Crippen LogP contribution in [0, 0.1) is 6.92 Å². The third kappa shape index (κ3) is 8.52. The molecule has 2 aromatic carbocycles. The van der Waals surface area contributed by atoms with Crippen LogP contribution in [0.15, 0.2) is 48.5 Å². The van der Waals surface area contributed by atoms with Crippen molar-refractivity contribution in [3.63, 3.8) is 0 Å². The van der Waals surface area contributed by atoms with E-state index in [-0.39, 0.29) is 24.8 Å². The minimum absolute atomic E-state index is 0.108. The number of hydrogen-bond acceptors (Lipinski definition) is 4. The molecule has 0 saturated carbocycles. The summed E-state index contributed by atoms with van der Waals surface area (Å²) < 4.78 is 26.4. The highest BCUT2D eigenvalue weighted by molar-refractivity contribution is 7.92. The summed E-state index contributed by atoms with van der Waals surface area (Å²) in [4.78, 5) is 28.0. The largest absolute Gasteiger partial charge is 0.354 e. The topological polar surface area (TPSA) is 86.8 Å². The van der Waals surface area contributed by atoms with E-state index >= 15 is 0 Å². The van der Waals surface area contributed by atoms with E-state index < -0.39 is 16.1 Å². The molecule has 0 saturated heterocycles. The van der Waals surface area contributed by atoms with Gasteiger partial charge >= 0.3 is 0 Å². The number of halogens is 1. The Bertz CT molecular complexity index is 1110. The Kier molecular flexibility index (Phi) is 11.7. The van der Waals surface area contributed by atoms with Crippen molar-refractivity contribution in [3.8, 4) is 0 Å². The summed E-state index contributed by atoms with van der Waals surface area (Å²) in [5.74, 6) is -0.352. The molecule has 0 aliphatic carbocycles. The Labute approximate surface area is 220 Å². The molecule has 0 radical (unpaired) electrons. The Balaban J connectivity index is 2.20. The van der Waals surface area contributed by atoms with E-state index in [4.69, 9.17) is 11.6 Å². The fraction of sp³-hybridized carbons (Fsp3) is 0.481. The number of sulfonamides is 1. The van der Waals surface area contributed by atoms with Gasteiger partial charge in [0.15, 0.2) is 0 Å². The van der Waals surface area contributed by atoms with Crippen LogP contribution in [0.2, 0.25) is 5.02 Å². The lowest BCUT2D eigenvalue weighted by molar-refractivity contribution is -0.141. The molecule has 1 atom stereocenters. The van der Waals surface area contributed by atoms with Gasteiger partial charge in [0.25, 0.3) is 0 Å². The van der Waals surface area contributed by atoms with Crippen LogP contribution < -0.4 is 9.62 Å². The van der Waals surface area contributed by atoms with Crippen LogP contribution in [0.3, 0.4) is 0 Å². The molecule has 1 N–H and O–H groups in total. The zero-order valence-electron chi connectivity index (χ0n) is 21.7. The number of amides is 2. The summed E-state index contributed by atoms with van der Waals surface area (Å²) in [6, 6.07) is 14.1. The van der Waals surface area contributed by atoms with Crippen LogP contribution >= 0.6 is 11.6 Å². The van der Waals surface area contributed by atoms with Gasteiger partial charge in [-0.05, 0) is 49.4 Å². The van der Waals surface area contributed by atoms with Crippen molar-refractivity contribution in [2.75, 3.05) is 23.7 Å². The van der Waals surface area contributed by atoms with Gasteiger partial charge in [0, 0.05) is 31.1 Å². The van der Waals surface area contributed by atoms with Gasteiger partial charge in [0.1, 0.15) is 6.04 Å². The fourth-order valence-corrected chi connectivity index (χ4v) is 5.24. The molecule has 7 nitrogen and oxygen atoms in total. The number of carbonyl (C=O) groups is 2. The lowest BCUT2D eigenvalue weighted by Crippen LogP contribution is -2.49. The Hall–Kier alpha value is -2.58. The zero-order valence-corrected chi connectivity index (χ0v) is 23.2. The van der Waals surface area contributed by atoms with Crippen molar-refractivity contribution in [1.29, 1.82) is 0 Å². The first-order chi connectivity index (χ1) is 17.1. The predicted octanol–water partition coefficient (Wildman–Crippen LogP) is 4.92. The van der Waals surface area contributed by atoms with Crippen LogP contribution in [0.1, 0.15) is 57.1 Å². The monoisotopic (exact) mass is 535 g/mol. The minimum atomic E-state index is -3.59. The highest BCUT2D eigenvalue weighted by atomic mass is 35.5. The molecule has 0 fully saturated rings. The summed E-state index contributed by atoms with van der Waals surface area (Å²) in [6.45, 7) is 6.72. The maximum atomic E-state index is 13.4. The summed E-state index contributed by atoms with van der Waals surface area (Å²) in [7, 11) is -3.59. The molecule has 0 spiro atoms. The number of nitrogens with zero attached hydrogens (tertiary/aromatic N) is 2. The Morgan fingerprint density at radius 1 is 1.03 bits per heavy atom. The molecular weight excluding hydrogens is 498 g/mol. The molecule has 0 aliphatic heterocycles. The van der Waals surface area contributed by atoms with Gasteiger partial charge in [-0.25, -0.2) is 8.42 Å². The molecule has 0 unspecified atom stereocenters. The molecule has 0 aromatic heterocycles. The number of carbonyl (C=O) groups excluding carboxylic acids is 2. The van der Waals surface area contributed by atoms with E-state index in [1.165, 1.54) is 4.31 Å². The van der Waals surface area contributed by atoms with Gasteiger partial charge in [-0.2, -0.15) is 0 Å². The molecule has 0 bridgehead atoms. The molecule has 2 amide bonds. The van der Waals surface area contributed by atoms with Crippen LogP contribution in [0.4, 0.5) is 5.69 Å². The van der Waals surface area contributed by atoms with E-state index in [9.17, 15) is 18.0 Å². The van der Waals surface area contributed by atoms with Gasteiger partial charge in [0.2, 0.25) is 21.8 Å². The third-order valence-electron chi connectivity index (χ3n) is 6.07. The van der Waals surface area contributed by atoms with Crippen LogP contribution in [0.25, 0.3) is 0 Å². The second-order valence-corrected chi connectivity index (χ2v) is 11.2. The van der Waals surface area contributed by atoms with Crippen molar-refractivity contribution in [1.82, 2.24) is 10.2 Å². The van der Waals surface area contributed by atoms with Crippen LogP contribution in [-0.4, -0.2) is 50.5 Å². The number of benzene rings is 2. The number of nitrogens with one attached hydrogen (secondary N) is 1. The highest BCUT2D eigenvalue weighted by Gasteiger charge is 2.29. The smallest absolute Gasteiger partial charge is 0.242 e. The molecule has 0 aliphatic rings. The first-order valence-corrected chi connectivity index (χ1v) is 14.7. The SMILES string of the molecule is CCCCNC(=O)[C@@H](CC)N(Cc1ccccc1)C(=O)CCCN(c1cccc(Cl)c1C)S(C)(=O)=O. The van der Waals surface area contributed by atoms with Crippen molar-refractivity contribution in [2.45, 2.75) is 65.5 Å². The number of rotatable bonds is 14. The molecule has 0 heterocycles. The summed E-state index contributed by atoms with van der Waals surface area (Å²) >= 11 is 6.22. The number of hydrogen-bond donors (Lipinski definition) is 1. The predicted molar refractivity (Wildman–Crippen MR) is 147 cm³/mol. The standard InChI is InChI=1S/C27H38ClN3O4S/c1-5-7-18-29-27(33)24(6-2)30(20-22-13-9-8-10-14-22)26(32)17-12-19-31(36(4,34)35)25-16-11-15-23(28)21(25)3/h8-11,13-16,24H,5-7,12,17-20H2,1-4H3,(H,29,33)/t24-/m1/s1. The number of anilines is 1. The second kappa shape index (κ2) is 14.2. The van der Waals surface area contributed by atoms with Gasteiger partial charge in [-0.1, -0.05) is 68.3 Å². The van der Waals surface area contributed by atoms with Gasteiger partial charge in [-0.3, -0.25) is 13.9 Å². The number of unbranched alkanes of at least 4 members (excludes halogenated alkanes) is 1. The van der Waals surface area contributed by atoms with E-state index in [1.54, 1.807) is 30.0 Å². The maximum Gasteiger partial charge on any atom is 0.242 e. The van der Waals surface area contributed by atoms with E-state index in [2.05, 4.69) is 12.2 Å². The molecular formula is C27H38ClN3O4S. The van der Waals surface area contributed by atoms with Crippen molar-refractivity contribution >= 4 is 39.1 Å². The van der Waals surface area contributed by atoms with Gasteiger partial charge in [-0.15, -0.1) is 0 Å². The van der Waals surface area contributed by atoms with Crippen molar-refractivity contribution < 1.29 is 18.0 Å². The first-order valence-electron chi connectivity index (χ1n) is 12.4. The van der Waals surface area contributed by atoms with E-state index in [0.29, 0.717) is 42.2 Å². The minimum Gasteiger partial charge on any atom is -0.354 e. The normalized spacial score (nSPS) is 12.1. The van der Waals surface area contributed by atoms with Crippen molar-refractivity contribution in [3.05, 3.63) is 64.7 Å². The second-order valence-electron chi connectivity index (χ2n) is 8.90. The van der Waals surface area contributed by atoms with Gasteiger partial charge < -0.3 is 10.2 Å². The third-order valence-corrected chi connectivity index (χ3v) is 7.66. The van der Waals surface area contributed by atoms with E-state index in [1.807, 2.05) is 37.3 Å². The van der Waals surface area contributed by atoms with Crippen LogP contribution in [0.5, 0.6) is 0 Å². The Morgan fingerprint density at radius 3 is 2.33 bits per heavy atom. The van der Waals surface area contributed by atoms with E-state index in [0.717, 1.165) is 24.7 Å². The van der Waals surface area contributed by atoms with Gasteiger partial charge in [0.05, 0.1) is 11.9 Å². The molecule has 2 aromatic rings. The fourth-order valence-electron chi connectivity index (χ4n) is 4.05. The highest BCUT2D eigenvalue weighted by Crippen LogP contribution is 2.28. The summed E-state index contributed by atoms with van der Waals surface area (Å²) in [6.07, 6.45) is 3.87. The lowest BCUT2D eigenvalue weighted by Gasteiger charge is -2.31. The molecule has 198 valence electrons. The zero-order chi connectivity index (χ0) is 26.7. The lowest BCUT2D eigenvalue weighted by atomic mass is 10.1. The summed E-state index contributed by atoms with van der Waals surface area (Å²) in [5.41, 5.74) is 2.09. The quantitative estimate of drug-likeness (QED) is 0.348. The summed E-state index contributed by atoms with van der Waals surface area (Å²) in [5, 5.41) is 3.43. The molecule has 9 heteroatoms. The molecule has 36 heavy (non-hydrogen) atoms. The maximum absolute atomic E-state index is 13.4. The molecule has 2 rings (SSSR count). The first kappa shape index (κ1) is 29.6. The average Bonchev–Trinajstić information content (AvgIpc) is 2.83.